The highest BCUT2D eigenvalue weighted by molar-refractivity contribution is 7.89. The van der Waals surface area contributed by atoms with Gasteiger partial charge in [0.25, 0.3) is 10.0 Å². The molecular formula is C9H12N4O2S2. The summed E-state index contributed by atoms with van der Waals surface area (Å²) in [6.45, 7) is 2.14. The summed E-state index contributed by atoms with van der Waals surface area (Å²) in [5.41, 5.74) is 0.748. The second-order valence-electron chi connectivity index (χ2n) is 3.54. The van der Waals surface area contributed by atoms with Crippen molar-refractivity contribution in [2.75, 3.05) is 7.05 Å². The first kappa shape index (κ1) is 12.2. The first-order chi connectivity index (χ1) is 8.00. The number of aromatic amines is 1. The molecule has 0 fully saturated rings. The Morgan fingerprint density at radius 1 is 1.53 bits per heavy atom. The topological polar surface area (TPSA) is 79.0 Å². The predicted octanol–water partition coefficient (Wildman–Crippen LogP) is 0.995. The SMILES string of the molecule is Cc1nc(CN(C)S(=O)(=O)c2ccn[nH]2)cs1. The van der Waals surface area contributed by atoms with Crippen molar-refractivity contribution in [2.24, 2.45) is 0 Å². The van der Waals surface area contributed by atoms with Crippen molar-refractivity contribution in [1.82, 2.24) is 19.5 Å². The lowest BCUT2D eigenvalue weighted by Crippen LogP contribution is -2.27. The van der Waals surface area contributed by atoms with Gasteiger partial charge in [-0.1, -0.05) is 0 Å². The molecule has 0 saturated heterocycles. The summed E-state index contributed by atoms with van der Waals surface area (Å²) in [4.78, 5) is 4.23. The second kappa shape index (κ2) is 4.55. The molecule has 17 heavy (non-hydrogen) atoms. The highest BCUT2D eigenvalue weighted by Crippen LogP contribution is 2.15. The molecule has 0 spiro atoms. The van der Waals surface area contributed by atoms with E-state index in [0.717, 1.165) is 10.7 Å². The van der Waals surface area contributed by atoms with Crippen LogP contribution in [0.4, 0.5) is 0 Å². The highest BCUT2D eigenvalue weighted by Gasteiger charge is 2.22. The Bertz CT molecular complexity index is 588. The molecule has 2 aromatic rings. The van der Waals surface area contributed by atoms with E-state index in [4.69, 9.17) is 0 Å². The molecule has 0 aliphatic heterocycles. The average Bonchev–Trinajstić information content (AvgIpc) is 2.89. The van der Waals surface area contributed by atoms with Gasteiger partial charge in [0.2, 0.25) is 0 Å². The minimum absolute atomic E-state index is 0.0898. The maximum atomic E-state index is 12.0. The largest absolute Gasteiger partial charge is 0.266 e. The minimum atomic E-state index is -3.50. The summed E-state index contributed by atoms with van der Waals surface area (Å²) in [6.07, 6.45) is 1.41. The van der Waals surface area contributed by atoms with Gasteiger partial charge in [0.05, 0.1) is 23.4 Å². The predicted molar refractivity (Wildman–Crippen MR) is 64.1 cm³/mol. The molecule has 0 bridgehead atoms. The molecular weight excluding hydrogens is 260 g/mol. The quantitative estimate of drug-likeness (QED) is 0.900. The van der Waals surface area contributed by atoms with E-state index < -0.39 is 10.0 Å². The molecule has 0 atom stereocenters. The number of H-pyrrole nitrogens is 1. The number of hydrogen-bond acceptors (Lipinski definition) is 5. The molecule has 92 valence electrons. The van der Waals surface area contributed by atoms with Crippen molar-refractivity contribution in [2.45, 2.75) is 18.5 Å². The number of thiazole rings is 1. The van der Waals surface area contributed by atoms with Crippen LogP contribution in [-0.2, 0) is 16.6 Å². The van der Waals surface area contributed by atoms with E-state index in [-0.39, 0.29) is 11.6 Å². The molecule has 6 nitrogen and oxygen atoms in total. The summed E-state index contributed by atoms with van der Waals surface area (Å²) < 4.78 is 25.3. The molecule has 0 saturated carbocycles. The van der Waals surface area contributed by atoms with E-state index in [1.807, 2.05) is 12.3 Å². The summed E-state index contributed by atoms with van der Waals surface area (Å²) >= 11 is 1.50. The molecule has 2 rings (SSSR count). The Hall–Kier alpha value is -1.25. The number of aryl methyl sites for hydroxylation is 1. The zero-order chi connectivity index (χ0) is 12.5. The number of aromatic nitrogens is 3. The Kier molecular flexibility index (Phi) is 3.27. The highest BCUT2D eigenvalue weighted by atomic mass is 32.2. The van der Waals surface area contributed by atoms with E-state index in [9.17, 15) is 8.42 Å². The van der Waals surface area contributed by atoms with Crippen molar-refractivity contribution >= 4 is 21.4 Å². The van der Waals surface area contributed by atoms with Gasteiger partial charge in [-0.05, 0) is 13.0 Å². The number of hydrogen-bond donors (Lipinski definition) is 1. The summed E-state index contributed by atoms with van der Waals surface area (Å²) in [5, 5.41) is 8.96. The molecule has 8 heteroatoms. The van der Waals surface area contributed by atoms with Crippen LogP contribution < -0.4 is 0 Å². The van der Waals surface area contributed by atoms with Crippen LogP contribution in [0.15, 0.2) is 22.7 Å². The normalized spacial score (nSPS) is 12.2. The summed E-state index contributed by atoms with van der Waals surface area (Å²) in [6, 6.07) is 1.43. The minimum Gasteiger partial charge on any atom is -0.266 e. The number of rotatable bonds is 4. The van der Waals surface area contributed by atoms with Crippen molar-refractivity contribution in [3.63, 3.8) is 0 Å². The Morgan fingerprint density at radius 3 is 2.82 bits per heavy atom. The molecule has 2 heterocycles. The smallest absolute Gasteiger partial charge is 0.260 e. The monoisotopic (exact) mass is 272 g/mol. The van der Waals surface area contributed by atoms with E-state index in [1.54, 1.807) is 0 Å². The summed E-state index contributed by atoms with van der Waals surface area (Å²) in [7, 11) is -1.99. The number of nitrogens with zero attached hydrogens (tertiary/aromatic N) is 3. The first-order valence-corrected chi connectivity index (χ1v) is 7.19. The fourth-order valence-electron chi connectivity index (χ4n) is 1.35. The molecule has 0 radical (unpaired) electrons. The van der Waals surface area contributed by atoms with E-state index in [1.165, 1.54) is 35.0 Å². The number of sulfonamides is 1. The zero-order valence-electron chi connectivity index (χ0n) is 9.41. The molecule has 0 aliphatic rings. The maximum absolute atomic E-state index is 12.0. The van der Waals surface area contributed by atoms with Gasteiger partial charge in [0.15, 0.2) is 5.03 Å². The lowest BCUT2D eigenvalue weighted by Gasteiger charge is -2.14. The molecule has 0 aliphatic carbocycles. The van der Waals surface area contributed by atoms with Crippen LogP contribution in [0.2, 0.25) is 0 Å². The van der Waals surface area contributed by atoms with Gasteiger partial charge in [-0.25, -0.2) is 13.4 Å². The third-order valence-corrected chi connectivity index (χ3v) is 4.77. The first-order valence-electron chi connectivity index (χ1n) is 4.87. The van der Waals surface area contributed by atoms with E-state index in [2.05, 4.69) is 15.2 Å². The van der Waals surface area contributed by atoms with E-state index >= 15 is 0 Å². The molecule has 0 unspecified atom stereocenters. The lowest BCUT2D eigenvalue weighted by atomic mass is 10.5. The van der Waals surface area contributed by atoms with Gasteiger partial charge in [0, 0.05) is 12.4 Å². The Balaban J connectivity index is 2.18. The number of nitrogens with one attached hydrogen (secondary N) is 1. The van der Waals surface area contributed by atoms with Crippen molar-refractivity contribution in [3.05, 3.63) is 28.3 Å². The maximum Gasteiger partial charge on any atom is 0.260 e. The van der Waals surface area contributed by atoms with Crippen LogP contribution >= 0.6 is 11.3 Å². The van der Waals surface area contributed by atoms with Gasteiger partial charge in [-0.3, -0.25) is 5.10 Å². The lowest BCUT2D eigenvalue weighted by molar-refractivity contribution is 0.460. The van der Waals surface area contributed by atoms with Crippen LogP contribution in [0, 0.1) is 6.92 Å². The molecule has 2 aromatic heterocycles. The average molecular weight is 272 g/mol. The fraction of sp³-hybridized carbons (Fsp3) is 0.333. The van der Waals surface area contributed by atoms with Crippen LogP contribution in [-0.4, -0.2) is 35.0 Å². The van der Waals surface area contributed by atoms with Crippen molar-refractivity contribution in [3.8, 4) is 0 Å². The van der Waals surface area contributed by atoms with Crippen LogP contribution in [0.3, 0.4) is 0 Å². The van der Waals surface area contributed by atoms with Gasteiger partial charge in [-0.2, -0.15) is 9.40 Å². The Morgan fingerprint density at radius 2 is 2.29 bits per heavy atom. The molecule has 0 amide bonds. The van der Waals surface area contributed by atoms with Crippen LogP contribution in [0.5, 0.6) is 0 Å². The third-order valence-electron chi connectivity index (χ3n) is 2.21. The molecule has 0 aromatic carbocycles. The zero-order valence-corrected chi connectivity index (χ0v) is 11.0. The van der Waals surface area contributed by atoms with Gasteiger partial charge in [0.1, 0.15) is 0 Å². The fourth-order valence-corrected chi connectivity index (χ4v) is 2.99. The summed E-state index contributed by atoms with van der Waals surface area (Å²) in [5.74, 6) is 0. The van der Waals surface area contributed by atoms with Crippen LogP contribution in [0.25, 0.3) is 0 Å². The van der Waals surface area contributed by atoms with Crippen LogP contribution in [0.1, 0.15) is 10.7 Å². The molecule has 1 N–H and O–H groups in total. The standard InChI is InChI=1S/C9H12N4O2S2/c1-7-11-8(6-16-7)5-13(2)17(14,15)9-3-4-10-12-9/h3-4,6H,5H2,1-2H3,(H,10,12). The van der Waals surface area contributed by atoms with Gasteiger partial charge < -0.3 is 0 Å². The second-order valence-corrected chi connectivity index (χ2v) is 6.62. The third kappa shape index (κ3) is 2.54. The van der Waals surface area contributed by atoms with E-state index in [0.29, 0.717) is 0 Å². The van der Waals surface area contributed by atoms with Gasteiger partial charge >= 0.3 is 0 Å². The van der Waals surface area contributed by atoms with Gasteiger partial charge in [-0.15, -0.1) is 11.3 Å². The van der Waals surface area contributed by atoms with Crippen molar-refractivity contribution in [1.29, 1.82) is 0 Å². The van der Waals surface area contributed by atoms with Crippen molar-refractivity contribution < 1.29 is 8.42 Å². The Labute approximate surface area is 103 Å².